The lowest BCUT2D eigenvalue weighted by Crippen LogP contribution is -2.51. The molecule has 1 aromatic heterocycles. The monoisotopic (exact) mass is 586 g/mol. The van der Waals surface area contributed by atoms with Gasteiger partial charge in [0.05, 0.1) is 33.6 Å². The molecule has 0 unspecified atom stereocenters. The number of amides is 3. The van der Waals surface area contributed by atoms with E-state index in [4.69, 9.17) is 16.3 Å². The van der Waals surface area contributed by atoms with Crippen LogP contribution in [0.5, 0.6) is 0 Å². The number of thiophene rings is 1. The van der Waals surface area contributed by atoms with Crippen LogP contribution in [-0.4, -0.2) is 74.7 Å². The number of ether oxygens (including phenoxy) is 1. The van der Waals surface area contributed by atoms with Gasteiger partial charge in [-0.05, 0) is 37.4 Å². The van der Waals surface area contributed by atoms with Gasteiger partial charge in [0, 0.05) is 18.8 Å². The summed E-state index contributed by atoms with van der Waals surface area (Å²) < 4.78 is 85.8. The molecule has 38 heavy (non-hydrogen) atoms. The van der Waals surface area contributed by atoms with Crippen molar-refractivity contribution in [2.24, 2.45) is 0 Å². The third-order valence-corrected chi connectivity index (χ3v) is 6.59. The van der Waals surface area contributed by atoms with Gasteiger partial charge >= 0.3 is 12.4 Å². The fraction of sp³-hybridized carbons (Fsp3) is 0.409. The number of carbonyl (C=O) groups is 3. The molecule has 1 aliphatic rings. The first kappa shape index (κ1) is 29.7. The van der Waals surface area contributed by atoms with Crippen molar-refractivity contribution in [3.8, 4) is 0 Å². The zero-order valence-electron chi connectivity index (χ0n) is 19.6. The summed E-state index contributed by atoms with van der Waals surface area (Å²) in [5.41, 5.74) is -2.04. The molecule has 16 heteroatoms. The van der Waals surface area contributed by atoms with E-state index in [1.54, 1.807) is 0 Å². The molecule has 0 aliphatic carbocycles. The van der Waals surface area contributed by atoms with Crippen LogP contribution in [0.3, 0.4) is 0 Å². The van der Waals surface area contributed by atoms with E-state index in [0.29, 0.717) is 15.3 Å². The number of nitrogens with zero attached hydrogens (tertiary/aromatic N) is 2. The zero-order valence-corrected chi connectivity index (χ0v) is 21.2. The van der Waals surface area contributed by atoms with E-state index in [1.165, 1.54) is 12.1 Å². The minimum Gasteiger partial charge on any atom is -0.370 e. The van der Waals surface area contributed by atoms with Crippen LogP contribution in [0.15, 0.2) is 30.3 Å². The van der Waals surface area contributed by atoms with Gasteiger partial charge in [0.2, 0.25) is 5.91 Å². The predicted octanol–water partition coefficient (Wildman–Crippen LogP) is 4.01. The van der Waals surface area contributed by atoms with Crippen molar-refractivity contribution in [2.45, 2.75) is 18.4 Å². The number of halogens is 7. The first-order valence-electron chi connectivity index (χ1n) is 10.9. The number of hydrogen-bond acceptors (Lipinski definition) is 6. The Kier molecular flexibility index (Phi) is 9.28. The van der Waals surface area contributed by atoms with Crippen LogP contribution < -0.4 is 15.5 Å². The maximum Gasteiger partial charge on any atom is 0.418 e. The SMILES string of the molecule is CN(CC(F)(F)F)[C@@H](CNC(=O)c1ccc(Cl)s1)C(=O)Nc1ccc(N2CCOCC2=O)c(C(F)(F)F)c1. The number of likely N-dealkylation sites (N-methyl/N-ethyl adjacent to an activating group) is 1. The van der Waals surface area contributed by atoms with Gasteiger partial charge < -0.3 is 20.3 Å². The highest BCUT2D eigenvalue weighted by Gasteiger charge is 2.38. The average molecular weight is 587 g/mol. The quantitative estimate of drug-likeness (QED) is 0.456. The van der Waals surface area contributed by atoms with Crippen LogP contribution in [0.1, 0.15) is 15.2 Å². The van der Waals surface area contributed by atoms with Crippen molar-refractivity contribution in [2.75, 3.05) is 50.1 Å². The average Bonchev–Trinajstić information content (AvgIpc) is 3.24. The normalized spacial score (nSPS) is 15.5. The summed E-state index contributed by atoms with van der Waals surface area (Å²) in [6.07, 6.45) is -9.62. The van der Waals surface area contributed by atoms with Gasteiger partial charge in [0.15, 0.2) is 0 Å². The molecule has 1 fully saturated rings. The summed E-state index contributed by atoms with van der Waals surface area (Å²) in [4.78, 5) is 39.0. The lowest BCUT2D eigenvalue weighted by Gasteiger charge is -2.30. The maximum atomic E-state index is 13.8. The van der Waals surface area contributed by atoms with E-state index < -0.39 is 67.1 Å². The molecule has 0 saturated carbocycles. The minimum absolute atomic E-state index is 0.0259. The molecule has 2 N–H and O–H groups in total. The number of morpholine rings is 1. The second-order valence-electron chi connectivity index (χ2n) is 8.18. The highest BCUT2D eigenvalue weighted by Crippen LogP contribution is 2.39. The Morgan fingerprint density at radius 3 is 2.47 bits per heavy atom. The highest BCUT2D eigenvalue weighted by molar-refractivity contribution is 7.18. The Bertz CT molecular complexity index is 1190. The van der Waals surface area contributed by atoms with Crippen molar-refractivity contribution in [3.63, 3.8) is 0 Å². The molecule has 2 aromatic rings. The van der Waals surface area contributed by atoms with Crippen molar-refractivity contribution in [1.29, 1.82) is 0 Å². The fourth-order valence-corrected chi connectivity index (χ4v) is 4.59. The van der Waals surface area contributed by atoms with E-state index in [2.05, 4.69) is 10.6 Å². The topological polar surface area (TPSA) is 91.0 Å². The van der Waals surface area contributed by atoms with Gasteiger partial charge in [0.1, 0.15) is 12.6 Å². The van der Waals surface area contributed by atoms with Crippen molar-refractivity contribution < 1.29 is 45.5 Å². The van der Waals surface area contributed by atoms with Crippen LogP contribution in [-0.2, 0) is 20.5 Å². The molecular weight excluding hydrogens is 566 g/mol. The smallest absolute Gasteiger partial charge is 0.370 e. The molecule has 1 aliphatic heterocycles. The summed E-state index contributed by atoms with van der Waals surface area (Å²) in [7, 11) is 0.986. The first-order chi connectivity index (χ1) is 17.7. The third-order valence-electron chi connectivity index (χ3n) is 5.36. The Balaban J connectivity index is 1.83. The number of nitrogens with one attached hydrogen (secondary N) is 2. The molecule has 3 rings (SSSR count). The summed E-state index contributed by atoms with van der Waals surface area (Å²) in [6, 6.07) is 3.88. The molecule has 0 spiro atoms. The first-order valence-corrected chi connectivity index (χ1v) is 12.1. The van der Waals surface area contributed by atoms with Gasteiger partial charge in [-0.15, -0.1) is 11.3 Å². The molecular formula is C22H21ClF6N4O4S. The lowest BCUT2D eigenvalue weighted by atomic mass is 10.1. The number of anilines is 2. The fourth-order valence-electron chi connectivity index (χ4n) is 3.63. The molecule has 208 valence electrons. The predicted molar refractivity (Wildman–Crippen MR) is 127 cm³/mol. The highest BCUT2D eigenvalue weighted by atomic mass is 35.5. The van der Waals surface area contributed by atoms with Crippen molar-refractivity contribution in [3.05, 3.63) is 45.1 Å². The van der Waals surface area contributed by atoms with Crippen molar-refractivity contribution >= 4 is 52.0 Å². The van der Waals surface area contributed by atoms with Gasteiger partial charge in [0.25, 0.3) is 11.8 Å². The van der Waals surface area contributed by atoms with E-state index in [-0.39, 0.29) is 23.7 Å². The second kappa shape index (κ2) is 11.9. The number of alkyl halides is 6. The second-order valence-corrected chi connectivity index (χ2v) is 9.89. The zero-order chi connectivity index (χ0) is 28.3. The standard InChI is InChI=1S/C22H21ClF6N4O4S/c1-32(11-21(24,25)26)15(9-30-20(36)16-4-5-17(23)38-16)19(35)31-12-2-3-14(13(8-12)22(27,28)29)33-6-7-37-10-18(33)34/h2-5,8,15H,6-7,9-11H2,1H3,(H,30,36)(H,31,35)/t15-/m0/s1. The van der Waals surface area contributed by atoms with Crippen LogP contribution in [0.2, 0.25) is 4.34 Å². The van der Waals surface area contributed by atoms with Crippen LogP contribution in [0.4, 0.5) is 37.7 Å². The summed E-state index contributed by atoms with van der Waals surface area (Å²) in [5.74, 6) is -2.47. The molecule has 1 aromatic carbocycles. The van der Waals surface area contributed by atoms with Gasteiger partial charge in [-0.25, -0.2) is 0 Å². The molecule has 0 radical (unpaired) electrons. The van der Waals surface area contributed by atoms with E-state index in [1.807, 2.05) is 0 Å². The minimum atomic E-state index is -4.92. The Hall–Kier alpha value is -2.88. The van der Waals surface area contributed by atoms with Crippen LogP contribution >= 0.6 is 22.9 Å². The summed E-state index contributed by atoms with van der Waals surface area (Å²) in [5, 5.41) is 4.53. The van der Waals surface area contributed by atoms with Gasteiger partial charge in [-0.2, -0.15) is 26.3 Å². The summed E-state index contributed by atoms with van der Waals surface area (Å²) in [6.45, 7) is -2.60. The molecule has 0 bridgehead atoms. The van der Waals surface area contributed by atoms with E-state index in [0.717, 1.165) is 35.4 Å². The van der Waals surface area contributed by atoms with Crippen molar-refractivity contribution in [1.82, 2.24) is 10.2 Å². The number of benzene rings is 1. The number of carbonyl (C=O) groups excluding carboxylic acids is 3. The van der Waals surface area contributed by atoms with E-state index >= 15 is 0 Å². The van der Waals surface area contributed by atoms with E-state index in [9.17, 15) is 40.7 Å². The Morgan fingerprint density at radius 1 is 1.18 bits per heavy atom. The van der Waals surface area contributed by atoms with Crippen LogP contribution in [0.25, 0.3) is 0 Å². The van der Waals surface area contributed by atoms with Crippen LogP contribution in [0, 0.1) is 0 Å². The van der Waals surface area contributed by atoms with Gasteiger partial charge in [-0.3, -0.25) is 19.3 Å². The molecule has 3 amide bonds. The Labute approximate surface area is 221 Å². The largest absolute Gasteiger partial charge is 0.418 e. The number of rotatable bonds is 8. The molecule has 2 heterocycles. The Morgan fingerprint density at radius 2 is 1.89 bits per heavy atom. The number of hydrogen-bond donors (Lipinski definition) is 2. The maximum absolute atomic E-state index is 13.8. The third kappa shape index (κ3) is 7.82. The molecule has 1 atom stereocenters. The van der Waals surface area contributed by atoms with Gasteiger partial charge in [-0.1, -0.05) is 11.6 Å². The molecule has 8 nitrogen and oxygen atoms in total. The molecule has 1 saturated heterocycles. The lowest BCUT2D eigenvalue weighted by molar-refractivity contribution is -0.150. The summed E-state index contributed by atoms with van der Waals surface area (Å²) >= 11 is 6.69.